The van der Waals surface area contributed by atoms with Crippen LogP contribution in [0, 0.1) is 10.2 Å². The van der Waals surface area contributed by atoms with Crippen LogP contribution in [0.3, 0.4) is 0 Å². The van der Waals surface area contributed by atoms with Gasteiger partial charge in [-0.1, -0.05) is 0 Å². The Bertz CT molecular complexity index is 360. The van der Waals surface area contributed by atoms with Crippen molar-refractivity contribution in [2.45, 2.75) is 4.90 Å². The van der Waals surface area contributed by atoms with E-state index in [-0.39, 0.29) is 10.9 Å². The molecule has 0 aliphatic heterocycles. The summed E-state index contributed by atoms with van der Waals surface area (Å²) in [5, 5.41) is 0. The van der Waals surface area contributed by atoms with E-state index in [1.807, 2.05) is 12.1 Å². The number of benzene rings is 1. The molecule has 0 N–H and O–H groups in total. The van der Waals surface area contributed by atoms with E-state index in [1.165, 1.54) is 4.90 Å². The second-order valence-corrected chi connectivity index (χ2v) is 6.07. The number of hydrogen-bond donors (Lipinski definition) is 0. The molecule has 0 aliphatic carbocycles. The van der Waals surface area contributed by atoms with E-state index in [9.17, 15) is 0 Å². The quantitative estimate of drug-likeness (QED) is 0.557. The lowest BCUT2D eigenvalue weighted by Crippen LogP contribution is -2.68. The van der Waals surface area contributed by atoms with Crippen LogP contribution in [-0.4, -0.2) is 26.7 Å². The van der Waals surface area contributed by atoms with Gasteiger partial charge in [-0.05, 0) is 12.1 Å². The highest BCUT2D eigenvalue weighted by Gasteiger charge is 2.12. The first-order valence-corrected chi connectivity index (χ1v) is 7.88. The van der Waals surface area contributed by atoms with E-state index >= 15 is 0 Å². The minimum Gasteiger partial charge on any atom is -0.493 e. The monoisotopic (exact) mass is 298 g/mol. The lowest BCUT2D eigenvalue weighted by Gasteiger charge is -2.17. The molecule has 1 aromatic carbocycles. The Morgan fingerprint density at radius 3 is 1.72 bits per heavy atom. The largest absolute Gasteiger partial charge is 0.493 e. The third kappa shape index (κ3) is 7.59. The number of halogens is 1. The molecule has 1 rings (SSSR count). The fourth-order valence-corrected chi connectivity index (χ4v) is 1.75. The van der Waals surface area contributed by atoms with E-state index in [1.54, 1.807) is 14.2 Å². The molecule has 8 heteroatoms. The molecule has 0 radical (unpaired) electrons. The summed E-state index contributed by atoms with van der Waals surface area (Å²) in [6.07, 6.45) is 4.36. The van der Waals surface area contributed by atoms with Gasteiger partial charge in [-0.15, -0.1) is 10.2 Å². The molecule has 0 aromatic heterocycles. The van der Waals surface area contributed by atoms with Crippen molar-refractivity contribution in [3.05, 3.63) is 18.2 Å². The highest BCUT2D eigenvalue weighted by Crippen LogP contribution is 2.29. The average Bonchev–Trinajstić information content (AvgIpc) is 2.25. The first kappa shape index (κ1) is 17.3. The minimum atomic E-state index is -4.94. The van der Waals surface area contributed by atoms with Gasteiger partial charge in [0.25, 0.3) is 0 Å². The molecule has 0 bridgehead atoms. The van der Waals surface area contributed by atoms with Crippen LogP contribution >= 0.6 is 0 Å². The van der Waals surface area contributed by atoms with Crippen molar-refractivity contribution in [1.29, 1.82) is 0 Å². The van der Waals surface area contributed by atoms with Crippen molar-refractivity contribution >= 4 is 10.9 Å². The van der Waals surface area contributed by atoms with Crippen molar-refractivity contribution in [3.8, 4) is 11.5 Å². The van der Waals surface area contributed by atoms with Gasteiger partial charge >= 0.3 is 0 Å². The van der Waals surface area contributed by atoms with Crippen molar-refractivity contribution in [3.63, 3.8) is 0 Å². The molecule has 0 heterocycles. The Kier molecular flexibility index (Phi) is 7.37. The minimum absolute atomic E-state index is 0.263. The molecule has 0 saturated carbocycles. The number of rotatable bonds is 3. The van der Waals surface area contributed by atoms with Crippen molar-refractivity contribution in [1.82, 2.24) is 0 Å². The van der Waals surface area contributed by atoms with Gasteiger partial charge in [-0.2, -0.15) is 0 Å². The van der Waals surface area contributed by atoms with E-state index in [0.29, 0.717) is 0 Å². The molecule has 104 valence electrons. The van der Waals surface area contributed by atoms with Gasteiger partial charge in [0, 0.05) is 17.0 Å². The summed E-state index contributed by atoms with van der Waals surface area (Å²) in [6.45, 7) is 0. The molecule has 0 unspecified atom stereocenters. The van der Waals surface area contributed by atoms with Crippen molar-refractivity contribution < 1.29 is 38.4 Å². The van der Waals surface area contributed by atoms with E-state index in [0.717, 1.165) is 11.5 Å². The fraction of sp³-hybridized carbons (Fsp3) is 0.400. The third-order valence-corrected chi connectivity index (χ3v) is 3.02. The van der Waals surface area contributed by atoms with E-state index in [2.05, 4.69) is 18.6 Å². The second kappa shape index (κ2) is 7.67. The van der Waals surface area contributed by atoms with E-state index < -0.39 is 10.2 Å². The normalized spacial score (nSPS) is 10.7. The SMILES string of the molecule is COc1ccc([S+](C)C)cc1OC.[O-][Cl+3]([O-])([O-])[O-]. The lowest BCUT2D eigenvalue weighted by molar-refractivity contribution is -2.00. The van der Waals surface area contributed by atoms with Gasteiger partial charge in [-0.3, -0.25) is 0 Å². The first-order valence-electron chi connectivity index (χ1n) is 4.60. The molecule has 0 aliphatic rings. The first-order chi connectivity index (χ1) is 8.19. The molecule has 0 atom stereocenters. The molecular weight excluding hydrogens is 284 g/mol. The van der Waals surface area contributed by atoms with Gasteiger partial charge in [0.05, 0.1) is 14.2 Å². The standard InChI is InChI=1S/C10H15O2S.ClHO4/c1-11-9-6-5-8(13(3)4)7-10(9)12-2;2-1(3,4)5/h5-7H,1-4H3;(H,2,3,4,5)/q+1;/p-1. The fourth-order valence-electron chi connectivity index (χ4n) is 1.07. The summed E-state index contributed by atoms with van der Waals surface area (Å²) < 4.78 is 44.3. The Hall–Kier alpha value is -0.700. The molecule has 0 fully saturated rings. The van der Waals surface area contributed by atoms with Crippen molar-refractivity contribution in [2.24, 2.45) is 0 Å². The Morgan fingerprint density at radius 1 is 0.944 bits per heavy atom. The van der Waals surface area contributed by atoms with Crippen LogP contribution in [-0.2, 0) is 10.9 Å². The zero-order chi connectivity index (χ0) is 14.3. The number of ether oxygens (including phenoxy) is 2. The smallest absolute Gasteiger partial charge is 0.165 e. The predicted molar refractivity (Wildman–Crippen MR) is 57.0 cm³/mol. The van der Waals surface area contributed by atoms with Crippen LogP contribution in [0.25, 0.3) is 0 Å². The summed E-state index contributed by atoms with van der Waals surface area (Å²) in [7, 11) is -1.38. The molecule has 18 heavy (non-hydrogen) atoms. The maximum atomic E-state index is 8.49. The van der Waals surface area contributed by atoms with Crippen LogP contribution in [0.1, 0.15) is 0 Å². The van der Waals surface area contributed by atoms with Gasteiger partial charge in [0.1, 0.15) is 12.5 Å². The zero-order valence-corrected chi connectivity index (χ0v) is 12.0. The third-order valence-electron chi connectivity index (χ3n) is 1.83. The maximum Gasteiger partial charge on any atom is 0.165 e. The Morgan fingerprint density at radius 2 is 1.39 bits per heavy atom. The van der Waals surface area contributed by atoms with E-state index in [4.69, 9.17) is 28.1 Å². The van der Waals surface area contributed by atoms with Crippen LogP contribution < -0.4 is 28.1 Å². The van der Waals surface area contributed by atoms with Gasteiger partial charge < -0.3 is 9.47 Å². The second-order valence-electron chi connectivity index (χ2n) is 3.21. The molecule has 0 spiro atoms. The maximum absolute atomic E-state index is 8.49. The summed E-state index contributed by atoms with van der Waals surface area (Å²) in [4.78, 5) is 1.29. The topological polar surface area (TPSA) is 111 Å². The van der Waals surface area contributed by atoms with Gasteiger partial charge in [0.2, 0.25) is 0 Å². The zero-order valence-electron chi connectivity index (χ0n) is 10.5. The molecule has 0 saturated heterocycles. The number of hydrogen-bond acceptors (Lipinski definition) is 6. The highest BCUT2D eigenvalue weighted by molar-refractivity contribution is 7.95. The van der Waals surface area contributed by atoms with Crippen LogP contribution in [0.5, 0.6) is 11.5 Å². The summed E-state index contributed by atoms with van der Waals surface area (Å²) in [6, 6.07) is 6.05. The Labute approximate surface area is 111 Å². The molecule has 1 aromatic rings. The summed E-state index contributed by atoms with van der Waals surface area (Å²) >= 11 is 0. The summed E-state index contributed by atoms with van der Waals surface area (Å²) in [5.74, 6) is 1.60. The Balaban J connectivity index is 0.000000494. The van der Waals surface area contributed by atoms with Gasteiger partial charge in [0.15, 0.2) is 16.4 Å². The molecule has 6 nitrogen and oxygen atoms in total. The van der Waals surface area contributed by atoms with Crippen molar-refractivity contribution in [2.75, 3.05) is 26.7 Å². The van der Waals surface area contributed by atoms with Crippen LogP contribution in [0.4, 0.5) is 0 Å². The summed E-state index contributed by atoms with van der Waals surface area (Å²) in [5.41, 5.74) is 0. The van der Waals surface area contributed by atoms with Gasteiger partial charge in [-0.25, -0.2) is 18.6 Å². The van der Waals surface area contributed by atoms with Crippen LogP contribution in [0.15, 0.2) is 23.1 Å². The predicted octanol–water partition coefficient (Wildman–Crippen LogP) is -2.82. The highest BCUT2D eigenvalue weighted by atomic mass is 35.7. The number of methoxy groups -OCH3 is 2. The molecule has 0 amide bonds. The average molecular weight is 299 g/mol. The van der Waals surface area contributed by atoms with Crippen LogP contribution in [0.2, 0.25) is 0 Å². The lowest BCUT2D eigenvalue weighted by atomic mass is 10.3. The molecular formula is C10H15ClO6S.